The van der Waals surface area contributed by atoms with E-state index in [1.165, 1.54) is 6.07 Å². The minimum absolute atomic E-state index is 0.000995. The Balaban J connectivity index is 2.89. The van der Waals surface area contributed by atoms with Crippen LogP contribution in [-0.2, 0) is 16.0 Å². The highest BCUT2D eigenvalue weighted by atomic mass is 32.2. The van der Waals surface area contributed by atoms with Gasteiger partial charge in [0.1, 0.15) is 20.7 Å². The number of anilines is 1. The van der Waals surface area contributed by atoms with Crippen LogP contribution in [0.15, 0.2) is 11.1 Å². The van der Waals surface area contributed by atoms with Crippen LogP contribution in [0, 0.1) is 0 Å². The Kier molecular flexibility index (Phi) is 4.98. The molecule has 0 aromatic carbocycles. The van der Waals surface area contributed by atoms with E-state index in [4.69, 9.17) is 5.84 Å². The highest BCUT2D eigenvalue weighted by Crippen LogP contribution is 2.29. The topological polar surface area (TPSA) is 98.0 Å². The molecule has 0 aliphatic heterocycles. The van der Waals surface area contributed by atoms with Crippen LogP contribution in [0.5, 0.6) is 0 Å². The fourth-order valence-corrected chi connectivity index (χ4v) is 3.10. The zero-order valence-electron chi connectivity index (χ0n) is 9.73. The van der Waals surface area contributed by atoms with E-state index in [0.29, 0.717) is 0 Å². The number of hydrazine groups is 1. The van der Waals surface area contributed by atoms with Crippen LogP contribution in [0.4, 0.5) is 19.0 Å². The number of nitrogens with zero attached hydrogens (tertiary/aromatic N) is 2. The zero-order chi connectivity index (χ0) is 14.7. The predicted octanol–water partition coefficient (Wildman–Crippen LogP) is 0.918. The van der Waals surface area contributed by atoms with Gasteiger partial charge in [0, 0.05) is 18.1 Å². The van der Waals surface area contributed by atoms with Crippen molar-refractivity contribution in [2.45, 2.75) is 11.2 Å². The van der Waals surface area contributed by atoms with Crippen LogP contribution in [0.3, 0.4) is 0 Å². The van der Waals surface area contributed by atoms with E-state index in [2.05, 4.69) is 9.97 Å². The number of nitrogens with two attached hydrogens (primary N) is 1. The molecule has 0 radical (unpaired) electrons. The molecule has 0 aliphatic rings. The van der Waals surface area contributed by atoms with Gasteiger partial charge in [-0.2, -0.15) is 13.2 Å². The molecule has 0 saturated heterocycles. The monoisotopic (exact) mass is 316 g/mol. The summed E-state index contributed by atoms with van der Waals surface area (Å²) in [6, 6.07) is 1.21. The molecular weight excluding hydrogens is 305 g/mol. The van der Waals surface area contributed by atoms with Crippen molar-refractivity contribution in [1.29, 1.82) is 0 Å². The molecule has 1 aromatic rings. The lowest BCUT2D eigenvalue weighted by Crippen LogP contribution is -2.16. The van der Waals surface area contributed by atoms with E-state index in [1.807, 2.05) is 5.43 Å². The molecule has 108 valence electrons. The zero-order valence-corrected chi connectivity index (χ0v) is 11.4. The van der Waals surface area contributed by atoms with Crippen molar-refractivity contribution in [1.82, 2.24) is 9.97 Å². The van der Waals surface area contributed by atoms with Gasteiger partial charge >= 0.3 is 6.18 Å². The third kappa shape index (κ3) is 5.61. The van der Waals surface area contributed by atoms with Crippen LogP contribution >= 0.6 is 11.8 Å². The van der Waals surface area contributed by atoms with Crippen molar-refractivity contribution in [3.63, 3.8) is 0 Å². The second kappa shape index (κ2) is 5.92. The summed E-state index contributed by atoms with van der Waals surface area (Å²) < 4.78 is 59.3. The van der Waals surface area contributed by atoms with E-state index in [0.717, 1.165) is 18.0 Å². The van der Waals surface area contributed by atoms with Gasteiger partial charge in [0.05, 0.1) is 5.75 Å². The maximum Gasteiger partial charge on any atom is 0.451 e. The lowest BCUT2D eigenvalue weighted by molar-refractivity contribution is -0.145. The smallest absolute Gasteiger partial charge is 0.308 e. The van der Waals surface area contributed by atoms with Gasteiger partial charge in [-0.1, -0.05) is 0 Å². The van der Waals surface area contributed by atoms with Gasteiger partial charge < -0.3 is 5.43 Å². The second-order valence-electron chi connectivity index (χ2n) is 3.54. The summed E-state index contributed by atoms with van der Waals surface area (Å²) in [4.78, 5) is 6.48. The number of nitrogens with one attached hydrogen (secondary N) is 1. The van der Waals surface area contributed by atoms with Crippen LogP contribution in [0.25, 0.3) is 0 Å². The molecule has 0 atom stereocenters. The molecule has 0 spiro atoms. The molecule has 0 saturated carbocycles. The van der Waals surface area contributed by atoms with Crippen LogP contribution < -0.4 is 11.3 Å². The quantitative estimate of drug-likeness (QED) is 0.361. The number of hydrogen-bond donors (Lipinski definition) is 2. The first-order valence-electron chi connectivity index (χ1n) is 4.85. The number of rotatable bonds is 5. The number of halogens is 3. The molecule has 0 amide bonds. The van der Waals surface area contributed by atoms with Gasteiger partial charge in [-0.25, -0.2) is 24.2 Å². The summed E-state index contributed by atoms with van der Waals surface area (Å²) in [7, 11) is -3.18. The number of sulfone groups is 1. The summed E-state index contributed by atoms with van der Waals surface area (Å²) in [5.74, 6) is 3.43. The Hall–Kier alpha value is -1.07. The predicted molar refractivity (Wildman–Crippen MR) is 65.3 cm³/mol. The molecular formula is C8H11F3N4O2S2. The number of hydrogen-bond acceptors (Lipinski definition) is 7. The largest absolute Gasteiger partial charge is 0.451 e. The van der Waals surface area contributed by atoms with Crippen LogP contribution in [0.2, 0.25) is 0 Å². The molecule has 1 heterocycles. The minimum atomic E-state index is -4.70. The molecule has 0 fully saturated rings. The first kappa shape index (κ1) is 16.0. The summed E-state index contributed by atoms with van der Waals surface area (Å²) in [5, 5.41) is -0.000995. The van der Waals surface area contributed by atoms with Gasteiger partial charge in [0.25, 0.3) is 0 Å². The minimum Gasteiger partial charge on any atom is -0.308 e. The van der Waals surface area contributed by atoms with Crippen LogP contribution in [-0.4, -0.2) is 36.1 Å². The van der Waals surface area contributed by atoms with E-state index in [1.54, 1.807) is 0 Å². The van der Waals surface area contributed by atoms with Gasteiger partial charge in [0.15, 0.2) is 0 Å². The lowest BCUT2D eigenvalue weighted by atomic mass is 10.5. The fourth-order valence-electron chi connectivity index (χ4n) is 0.997. The maximum atomic E-state index is 12.5. The van der Waals surface area contributed by atoms with Crippen molar-refractivity contribution in [3.8, 4) is 0 Å². The normalized spacial score (nSPS) is 12.5. The molecule has 6 nitrogen and oxygen atoms in total. The molecule has 0 bridgehead atoms. The maximum absolute atomic E-state index is 12.5. The molecule has 0 unspecified atom stereocenters. The third-order valence-corrected chi connectivity index (χ3v) is 3.93. The van der Waals surface area contributed by atoms with Gasteiger partial charge in [-0.3, -0.25) is 0 Å². The van der Waals surface area contributed by atoms with Gasteiger partial charge in [-0.05, 0) is 0 Å². The summed E-state index contributed by atoms with van der Waals surface area (Å²) in [6.45, 7) is 0. The van der Waals surface area contributed by atoms with Crippen molar-refractivity contribution in [3.05, 3.63) is 11.9 Å². The van der Waals surface area contributed by atoms with E-state index < -0.39 is 21.8 Å². The van der Waals surface area contributed by atoms with Gasteiger partial charge in [0.2, 0.25) is 5.82 Å². The van der Waals surface area contributed by atoms with Crippen LogP contribution in [0.1, 0.15) is 5.82 Å². The average Bonchev–Trinajstić information content (AvgIpc) is 2.25. The molecule has 3 N–H and O–H groups in total. The number of aromatic nitrogens is 2. The number of nitrogen functional groups attached to an aromatic ring is 1. The highest BCUT2D eigenvalue weighted by molar-refractivity contribution is 8.00. The Morgan fingerprint density at radius 3 is 2.53 bits per heavy atom. The number of alkyl halides is 3. The number of thioether (sulfide) groups is 1. The summed E-state index contributed by atoms with van der Waals surface area (Å²) in [5.41, 5.74) is 2.00. The first-order valence-corrected chi connectivity index (χ1v) is 7.90. The Morgan fingerprint density at radius 1 is 1.42 bits per heavy atom. The Labute approximate surface area is 111 Å². The van der Waals surface area contributed by atoms with Gasteiger partial charge in [-0.15, -0.1) is 11.8 Å². The Morgan fingerprint density at radius 2 is 2.05 bits per heavy atom. The van der Waals surface area contributed by atoms with Crippen molar-refractivity contribution in [2.24, 2.45) is 5.84 Å². The van der Waals surface area contributed by atoms with E-state index in [9.17, 15) is 21.6 Å². The van der Waals surface area contributed by atoms with E-state index in [-0.39, 0.29) is 22.3 Å². The van der Waals surface area contributed by atoms with E-state index >= 15 is 0 Å². The summed E-state index contributed by atoms with van der Waals surface area (Å²) >= 11 is 0.881. The lowest BCUT2D eigenvalue weighted by Gasteiger charge is -2.09. The molecule has 11 heteroatoms. The van der Waals surface area contributed by atoms with Crippen molar-refractivity contribution < 1.29 is 21.6 Å². The molecule has 1 rings (SSSR count). The average molecular weight is 316 g/mol. The Bertz CT molecular complexity index is 547. The fraction of sp³-hybridized carbons (Fsp3) is 0.500. The standard InChI is InChI=1S/C8H11F3N4O2S2/c1-19(16,17)3-2-18-6-4-5(15-12)13-7(14-6)8(9,10)11/h4H,2-3,12H2,1H3,(H,13,14,15). The highest BCUT2D eigenvalue weighted by Gasteiger charge is 2.35. The molecule has 19 heavy (non-hydrogen) atoms. The summed E-state index contributed by atoms with van der Waals surface area (Å²) in [6.07, 6.45) is -3.65. The third-order valence-electron chi connectivity index (χ3n) is 1.81. The second-order valence-corrected chi connectivity index (χ2v) is 6.91. The SMILES string of the molecule is CS(=O)(=O)CCSc1cc(NN)nc(C(F)(F)F)n1. The molecule has 0 aliphatic carbocycles. The van der Waals surface area contributed by atoms with Crippen molar-refractivity contribution >= 4 is 27.4 Å². The molecule has 1 aromatic heterocycles. The van der Waals surface area contributed by atoms with Crippen molar-refractivity contribution in [2.75, 3.05) is 23.2 Å². The first-order chi connectivity index (χ1) is 8.62.